The van der Waals surface area contributed by atoms with Gasteiger partial charge in [-0.25, -0.2) is 4.79 Å². The van der Waals surface area contributed by atoms with Crippen molar-refractivity contribution in [3.8, 4) is 5.75 Å². The summed E-state index contributed by atoms with van der Waals surface area (Å²) in [5.41, 5.74) is 3.27. The number of carbonyl (C=O) groups excluding carboxylic acids is 1. The van der Waals surface area contributed by atoms with Crippen molar-refractivity contribution >= 4 is 11.7 Å². The number of rotatable bonds is 7. The molecule has 1 heterocycles. The first kappa shape index (κ1) is 19.0. The van der Waals surface area contributed by atoms with Crippen molar-refractivity contribution in [3.05, 3.63) is 59.7 Å². The molecule has 4 N–H and O–H groups in total. The minimum Gasteiger partial charge on any atom is -0.508 e. The lowest BCUT2D eigenvalue weighted by atomic mass is 10.0. The van der Waals surface area contributed by atoms with Gasteiger partial charge in [-0.3, -0.25) is 0 Å². The highest BCUT2D eigenvalue weighted by Crippen LogP contribution is 2.26. The molecule has 0 spiro atoms. The molecule has 1 aliphatic heterocycles. The van der Waals surface area contributed by atoms with Gasteiger partial charge in [-0.15, -0.1) is 0 Å². The van der Waals surface area contributed by atoms with Crippen molar-refractivity contribution in [2.75, 3.05) is 31.1 Å². The van der Waals surface area contributed by atoms with Crippen LogP contribution in [0.1, 0.15) is 30.1 Å². The second-order valence-electron chi connectivity index (χ2n) is 6.82. The molecule has 27 heavy (non-hydrogen) atoms. The van der Waals surface area contributed by atoms with Gasteiger partial charge in [0.1, 0.15) is 5.75 Å². The number of para-hydroxylation sites is 1. The van der Waals surface area contributed by atoms with Gasteiger partial charge >= 0.3 is 6.03 Å². The molecule has 6 nitrogen and oxygen atoms in total. The summed E-state index contributed by atoms with van der Waals surface area (Å²) >= 11 is 0. The molecule has 0 radical (unpaired) electrons. The summed E-state index contributed by atoms with van der Waals surface area (Å²) in [7, 11) is 0. The minimum absolute atomic E-state index is 0.0921. The number of phenolic OH excluding ortho intramolecular Hbond substituents is 1. The number of amides is 2. The summed E-state index contributed by atoms with van der Waals surface area (Å²) in [6, 6.07) is 14.6. The largest absolute Gasteiger partial charge is 0.508 e. The lowest BCUT2D eigenvalue weighted by Crippen LogP contribution is -2.39. The maximum Gasteiger partial charge on any atom is 0.314 e. The Morgan fingerprint density at radius 3 is 2.85 bits per heavy atom. The predicted molar refractivity (Wildman–Crippen MR) is 106 cm³/mol. The number of fused-ring (bicyclic) bond motifs is 1. The van der Waals surface area contributed by atoms with Gasteiger partial charge < -0.3 is 25.7 Å². The number of nitrogens with one attached hydrogen (secondary N) is 2. The van der Waals surface area contributed by atoms with E-state index in [-0.39, 0.29) is 18.3 Å². The van der Waals surface area contributed by atoms with Crippen molar-refractivity contribution in [3.63, 3.8) is 0 Å². The fourth-order valence-corrected chi connectivity index (χ4v) is 3.42. The molecule has 0 bridgehead atoms. The normalized spacial score (nSPS) is 14.3. The first-order valence-electron chi connectivity index (χ1n) is 9.45. The molecule has 0 fully saturated rings. The van der Waals surface area contributed by atoms with Gasteiger partial charge in [0.2, 0.25) is 0 Å². The number of benzene rings is 2. The van der Waals surface area contributed by atoms with E-state index in [1.54, 1.807) is 12.1 Å². The molecular formula is C21H27N3O3. The zero-order valence-electron chi connectivity index (χ0n) is 15.4. The van der Waals surface area contributed by atoms with Crippen molar-refractivity contribution in [1.82, 2.24) is 10.6 Å². The molecule has 2 amide bonds. The second kappa shape index (κ2) is 9.28. The van der Waals surface area contributed by atoms with Crippen LogP contribution in [0.4, 0.5) is 10.5 Å². The number of aromatic hydroxyl groups is 1. The highest BCUT2D eigenvalue weighted by molar-refractivity contribution is 5.73. The predicted octanol–water partition coefficient (Wildman–Crippen LogP) is 2.57. The van der Waals surface area contributed by atoms with Gasteiger partial charge in [0.25, 0.3) is 0 Å². The van der Waals surface area contributed by atoms with Crippen LogP contribution in [-0.4, -0.2) is 42.4 Å². The van der Waals surface area contributed by atoms with E-state index in [9.17, 15) is 15.0 Å². The Labute approximate surface area is 159 Å². The summed E-state index contributed by atoms with van der Waals surface area (Å²) in [6.45, 7) is 2.63. The smallest absolute Gasteiger partial charge is 0.314 e. The summed E-state index contributed by atoms with van der Waals surface area (Å²) in [4.78, 5) is 14.3. The molecule has 6 heteroatoms. The fourth-order valence-electron chi connectivity index (χ4n) is 3.42. The Balaban J connectivity index is 1.36. The quantitative estimate of drug-likeness (QED) is 0.565. The third-order valence-corrected chi connectivity index (χ3v) is 4.81. The van der Waals surface area contributed by atoms with Crippen LogP contribution in [0.2, 0.25) is 0 Å². The number of aliphatic hydroxyl groups excluding tert-OH is 1. The molecule has 0 saturated carbocycles. The molecule has 1 atom stereocenters. The van der Waals surface area contributed by atoms with E-state index in [0.717, 1.165) is 32.4 Å². The van der Waals surface area contributed by atoms with E-state index in [2.05, 4.69) is 39.8 Å². The highest BCUT2D eigenvalue weighted by Gasteiger charge is 2.15. The molecule has 0 aromatic heterocycles. The third kappa shape index (κ3) is 5.37. The Bertz CT molecular complexity index is 766. The number of phenols is 1. The van der Waals surface area contributed by atoms with Crippen LogP contribution in [0.15, 0.2) is 48.5 Å². The molecular weight excluding hydrogens is 342 g/mol. The number of hydrogen-bond acceptors (Lipinski definition) is 4. The van der Waals surface area contributed by atoms with Crippen molar-refractivity contribution < 1.29 is 15.0 Å². The zero-order valence-corrected chi connectivity index (χ0v) is 15.4. The Morgan fingerprint density at radius 1 is 1.15 bits per heavy atom. The molecule has 0 aliphatic carbocycles. The maximum atomic E-state index is 11.9. The maximum absolute atomic E-state index is 11.9. The summed E-state index contributed by atoms with van der Waals surface area (Å²) < 4.78 is 0. The topological polar surface area (TPSA) is 84.8 Å². The van der Waals surface area contributed by atoms with E-state index in [4.69, 9.17) is 0 Å². The van der Waals surface area contributed by atoms with Crippen LogP contribution in [0.3, 0.4) is 0 Å². The van der Waals surface area contributed by atoms with Crippen LogP contribution < -0.4 is 15.5 Å². The number of nitrogens with zero attached hydrogens (tertiary/aromatic N) is 1. The third-order valence-electron chi connectivity index (χ3n) is 4.81. The lowest BCUT2D eigenvalue weighted by molar-refractivity contribution is 0.173. The van der Waals surface area contributed by atoms with Crippen LogP contribution >= 0.6 is 0 Å². The van der Waals surface area contributed by atoms with Gasteiger partial charge in [0.15, 0.2) is 0 Å². The van der Waals surface area contributed by atoms with Crippen LogP contribution in [-0.2, 0) is 6.42 Å². The number of anilines is 1. The van der Waals surface area contributed by atoms with Gasteiger partial charge in [-0.2, -0.15) is 0 Å². The molecule has 3 rings (SSSR count). The molecule has 144 valence electrons. The summed E-state index contributed by atoms with van der Waals surface area (Å²) in [5, 5.41) is 25.0. The average molecular weight is 369 g/mol. The van der Waals surface area contributed by atoms with Crippen LogP contribution in [0.25, 0.3) is 0 Å². The van der Waals surface area contributed by atoms with E-state index in [0.29, 0.717) is 12.1 Å². The number of hydrogen-bond donors (Lipinski definition) is 4. The van der Waals surface area contributed by atoms with E-state index in [1.165, 1.54) is 23.4 Å². The minimum atomic E-state index is -0.854. The van der Waals surface area contributed by atoms with E-state index in [1.807, 2.05) is 0 Å². The fraction of sp³-hybridized carbons (Fsp3) is 0.381. The number of aryl methyl sites for hydroxylation is 1. The average Bonchev–Trinajstić information content (AvgIpc) is 2.69. The van der Waals surface area contributed by atoms with Gasteiger partial charge in [-0.1, -0.05) is 30.3 Å². The Morgan fingerprint density at radius 2 is 2.00 bits per heavy atom. The van der Waals surface area contributed by atoms with Crippen molar-refractivity contribution in [1.29, 1.82) is 0 Å². The number of urea groups is 1. The molecule has 0 saturated heterocycles. The standard InChI is InChI=1S/C21H27N3O3/c25-18-9-3-7-17(14-18)20(26)15-23-21(27)22-11-5-13-24-12-4-8-16-6-1-2-10-19(16)24/h1-3,6-7,9-10,14,20,25-26H,4-5,8,11-13,15H2,(H2,22,23,27)/t20-/m0/s1. The van der Waals surface area contributed by atoms with Gasteiger partial charge in [0.05, 0.1) is 6.10 Å². The van der Waals surface area contributed by atoms with Crippen LogP contribution in [0, 0.1) is 0 Å². The zero-order chi connectivity index (χ0) is 19.1. The van der Waals surface area contributed by atoms with Gasteiger partial charge in [0, 0.05) is 31.9 Å². The monoisotopic (exact) mass is 369 g/mol. The van der Waals surface area contributed by atoms with E-state index >= 15 is 0 Å². The van der Waals surface area contributed by atoms with E-state index < -0.39 is 6.10 Å². The van der Waals surface area contributed by atoms with Crippen molar-refractivity contribution in [2.45, 2.75) is 25.4 Å². The second-order valence-corrected chi connectivity index (χ2v) is 6.82. The highest BCUT2D eigenvalue weighted by atomic mass is 16.3. The SMILES string of the molecule is O=C(NCCCN1CCCc2ccccc21)NC[C@H](O)c1cccc(O)c1. The summed E-state index contributed by atoms with van der Waals surface area (Å²) in [6.07, 6.45) is 2.30. The molecule has 1 aliphatic rings. The summed E-state index contributed by atoms with van der Waals surface area (Å²) in [5.74, 6) is 0.0929. The molecule has 2 aromatic rings. The molecule has 0 unspecified atom stereocenters. The first-order chi connectivity index (χ1) is 13.1. The number of aliphatic hydroxyl groups is 1. The first-order valence-corrected chi connectivity index (χ1v) is 9.45. The lowest BCUT2D eigenvalue weighted by Gasteiger charge is -2.31. The Kier molecular flexibility index (Phi) is 6.54. The van der Waals surface area contributed by atoms with Crippen LogP contribution in [0.5, 0.6) is 5.75 Å². The molecule has 2 aromatic carbocycles. The Hall–Kier alpha value is -2.73. The van der Waals surface area contributed by atoms with Gasteiger partial charge in [-0.05, 0) is 48.6 Å². The number of carbonyl (C=O) groups is 1. The van der Waals surface area contributed by atoms with Crippen molar-refractivity contribution in [2.24, 2.45) is 0 Å².